The van der Waals surface area contributed by atoms with Gasteiger partial charge in [-0.3, -0.25) is 0 Å². The van der Waals surface area contributed by atoms with Crippen LogP contribution in [0.3, 0.4) is 0 Å². The second-order valence-electron chi connectivity index (χ2n) is 3.11. The van der Waals surface area contributed by atoms with Gasteiger partial charge < -0.3 is 0 Å². The molecule has 1 heterocycles. The second kappa shape index (κ2) is 2.72. The fourth-order valence-corrected chi connectivity index (χ4v) is 1.68. The molecule has 1 aliphatic rings. The molecule has 3 heteroatoms. The number of quaternary nitrogens is 1. The fourth-order valence-electron chi connectivity index (χ4n) is 1.12. The molecule has 54 valence electrons. The maximum absolute atomic E-state index is 2.41. The average Bonchev–Trinajstić information content (AvgIpc) is 1.77. The first-order chi connectivity index (χ1) is 4.13. The molecular formula is C6H14IN2+. The van der Waals surface area contributed by atoms with Crippen molar-refractivity contribution < 1.29 is 4.59 Å². The number of hydrogen-bond acceptors (Lipinski definition) is 1. The van der Waals surface area contributed by atoms with Crippen LogP contribution in [-0.2, 0) is 0 Å². The van der Waals surface area contributed by atoms with Gasteiger partial charge in [0.05, 0.1) is 50.0 Å². The third kappa shape index (κ3) is 1.78. The van der Waals surface area contributed by atoms with E-state index in [0.717, 1.165) is 4.59 Å². The van der Waals surface area contributed by atoms with E-state index in [9.17, 15) is 0 Å². The summed E-state index contributed by atoms with van der Waals surface area (Å²) in [5.74, 6) is 0. The number of nitrogens with zero attached hydrogens (tertiary/aromatic N) is 2. The highest BCUT2D eigenvalue weighted by Crippen LogP contribution is 2.19. The molecule has 9 heavy (non-hydrogen) atoms. The van der Waals surface area contributed by atoms with Crippen molar-refractivity contribution in [1.29, 1.82) is 0 Å². The van der Waals surface area contributed by atoms with Crippen LogP contribution in [0.1, 0.15) is 12.8 Å². The zero-order valence-electron chi connectivity index (χ0n) is 6.10. The minimum absolute atomic E-state index is 1.06. The Morgan fingerprint density at radius 3 is 2.33 bits per heavy atom. The summed E-state index contributed by atoms with van der Waals surface area (Å²) < 4.78 is 3.42. The highest BCUT2D eigenvalue weighted by molar-refractivity contribution is 14.1. The predicted molar refractivity (Wildman–Crippen MR) is 46.9 cm³/mol. The van der Waals surface area contributed by atoms with Crippen molar-refractivity contribution in [3.05, 3.63) is 0 Å². The highest BCUT2D eigenvalue weighted by atomic mass is 127. The molecular weight excluding hydrogens is 227 g/mol. The van der Waals surface area contributed by atoms with Crippen molar-refractivity contribution in [2.45, 2.75) is 12.8 Å². The summed E-state index contributed by atoms with van der Waals surface area (Å²) in [6, 6.07) is 0. The van der Waals surface area contributed by atoms with Gasteiger partial charge in [-0.15, -0.1) is 0 Å². The van der Waals surface area contributed by atoms with E-state index >= 15 is 0 Å². The smallest absolute Gasteiger partial charge is 0.0967 e. The van der Waals surface area contributed by atoms with Crippen molar-refractivity contribution in [3.8, 4) is 0 Å². The quantitative estimate of drug-likeness (QED) is 0.352. The first-order valence-corrected chi connectivity index (χ1v) is 4.36. The van der Waals surface area contributed by atoms with E-state index in [1.165, 1.54) is 25.9 Å². The van der Waals surface area contributed by atoms with E-state index in [-0.39, 0.29) is 0 Å². The molecule has 0 unspecified atom stereocenters. The van der Waals surface area contributed by atoms with Gasteiger partial charge in [0, 0.05) is 0 Å². The van der Waals surface area contributed by atoms with Crippen LogP contribution in [0.5, 0.6) is 0 Å². The summed E-state index contributed by atoms with van der Waals surface area (Å²) in [6.07, 6.45) is 2.75. The molecule has 0 saturated carbocycles. The Labute approximate surface area is 70.9 Å². The molecule has 0 bridgehead atoms. The molecule has 1 saturated heterocycles. The van der Waals surface area contributed by atoms with Crippen LogP contribution in [0.25, 0.3) is 0 Å². The molecule has 2 nitrogen and oxygen atoms in total. The average molecular weight is 241 g/mol. The summed E-state index contributed by atoms with van der Waals surface area (Å²) in [5.41, 5.74) is 0. The third-order valence-electron chi connectivity index (χ3n) is 1.89. The lowest BCUT2D eigenvalue weighted by molar-refractivity contribution is -0.980. The molecule has 0 spiro atoms. The first kappa shape index (κ1) is 7.75. The van der Waals surface area contributed by atoms with Crippen LogP contribution in [0.15, 0.2) is 0 Å². The van der Waals surface area contributed by atoms with Crippen LogP contribution in [-0.4, -0.2) is 35.0 Å². The Hall–Kier alpha value is 0.650. The van der Waals surface area contributed by atoms with Gasteiger partial charge in [0.2, 0.25) is 0 Å². The highest BCUT2D eigenvalue weighted by Gasteiger charge is 2.26. The first-order valence-electron chi connectivity index (χ1n) is 3.40. The molecule has 0 aromatic carbocycles. The molecule has 0 N–H and O–H groups in total. The molecule has 0 atom stereocenters. The predicted octanol–water partition coefficient (Wildman–Crippen LogP) is 1.42. The van der Waals surface area contributed by atoms with E-state index < -0.39 is 0 Å². The molecule has 1 aliphatic heterocycles. The Morgan fingerprint density at radius 2 is 2.00 bits per heavy atom. The minimum atomic E-state index is 1.06. The van der Waals surface area contributed by atoms with Crippen LogP contribution in [0, 0.1) is 0 Å². The Morgan fingerprint density at radius 1 is 1.33 bits per heavy atom. The topological polar surface area (TPSA) is 3.24 Å². The normalized spacial score (nSPS) is 28.3. The zero-order chi connectivity index (χ0) is 6.91. The fraction of sp³-hybridized carbons (Fsp3) is 1.00. The van der Waals surface area contributed by atoms with Crippen LogP contribution in [0.2, 0.25) is 0 Å². The lowest BCUT2D eigenvalue weighted by Gasteiger charge is -2.38. The van der Waals surface area contributed by atoms with Gasteiger partial charge in [0.15, 0.2) is 0 Å². The minimum Gasteiger partial charge on any atom is -0.239 e. The van der Waals surface area contributed by atoms with Gasteiger partial charge in [0.25, 0.3) is 0 Å². The summed E-state index contributed by atoms with van der Waals surface area (Å²) in [6.45, 7) is 2.54. The van der Waals surface area contributed by atoms with Crippen LogP contribution < -0.4 is 0 Å². The Bertz CT molecular complexity index is 103. The van der Waals surface area contributed by atoms with Crippen LogP contribution in [0.4, 0.5) is 0 Å². The maximum Gasteiger partial charge on any atom is 0.0967 e. The standard InChI is InChI=1S/C6H14IN2/c1-9(2)6-4-3-5-8(9)7/h3-6H2,1-2H3/q+1. The Kier molecular flexibility index (Phi) is 2.34. The summed E-state index contributed by atoms with van der Waals surface area (Å²) in [4.78, 5) is 0. The summed E-state index contributed by atoms with van der Waals surface area (Å²) in [5, 5.41) is 0. The van der Waals surface area contributed by atoms with E-state index in [4.69, 9.17) is 0 Å². The molecule has 0 aromatic rings. The number of halogens is 1. The van der Waals surface area contributed by atoms with E-state index in [0.29, 0.717) is 0 Å². The lowest BCUT2D eigenvalue weighted by atomic mass is 10.2. The number of rotatable bonds is 0. The maximum atomic E-state index is 2.41. The van der Waals surface area contributed by atoms with Crippen molar-refractivity contribution in [2.24, 2.45) is 0 Å². The summed E-state index contributed by atoms with van der Waals surface area (Å²) in [7, 11) is 4.51. The van der Waals surface area contributed by atoms with E-state index in [2.05, 4.69) is 40.2 Å². The SMILES string of the molecule is C[N+]1(C)CCCCN1I. The van der Waals surface area contributed by atoms with Gasteiger partial charge in [-0.2, -0.15) is 0 Å². The lowest BCUT2D eigenvalue weighted by Crippen LogP contribution is -2.53. The van der Waals surface area contributed by atoms with Gasteiger partial charge >= 0.3 is 0 Å². The van der Waals surface area contributed by atoms with Gasteiger partial charge in [-0.1, -0.05) is 3.22 Å². The van der Waals surface area contributed by atoms with Crippen molar-refractivity contribution in [2.75, 3.05) is 27.2 Å². The molecule has 1 rings (SSSR count). The van der Waals surface area contributed by atoms with Crippen LogP contribution >= 0.6 is 22.9 Å². The second-order valence-corrected chi connectivity index (χ2v) is 4.23. The molecule has 0 aromatic heterocycles. The van der Waals surface area contributed by atoms with E-state index in [1.807, 2.05) is 0 Å². The Balaban J connectivity index is 2.49. The van der Waals surface area contributed by atoms with Crippen molar-refractivity contribution >= 4 is 22.9 Å². The van der Waals surface area contributed by atoms with Crippen molar-refractivity contribution in [3.63, 3.8) is 0 Å². The van der Waals surface area contributed by atoms with E-state index in [1.54, 1.807) is 0 Å². The third-order valence-corrected chi connectivity index (χ3v) is 3.54. The zero-order valence-corrected chi connectivity index (χ0v) is 8.26. The van der Waals surface area contributed by atoms with Gasteiger partial charge in [-0.25, -0.2) is 4.59 Å². The molecule has 0 amide bonds. The van der Waals surface area contributed by atoms with Crippen molar-refractivity contribution in [1.82, 2.24) is 3.22 Å². The molecule has 1 fully saturated rings. The summed E-state index contributed by atoms with van der Waals surface area (Å²) >= 11 is 2.41. The molecule has 0 aliphatic carbocycles. The monoisotopic (exact) mass is 241 g/mol. The number of hydrogen-bond donors (Lipinski definition) is 0. The van der Waals surface area contributed by atoms with Gasteiger partial charge in [0.1, 0.15) is 0 Å². The van der Waals surface area contributed by atoms with Gasteiger partial charge in [-0.05, 0) is 12.8 Å². The molecule has 0 radical (unpaired) electrons. The largest absolute Gasteiger partial charge is 0.239 e.